The summed E-state index contributed by atoms with van der Waals surface area (Å²) < 4.78 is 0. The molecule has 0 aliphatic carbocycles. The predicted octanol–water partition coefficient (Wildman–Crippen LogP) is 0.496. The Hall–Kier alpha value is -0.570. The third-order valence-corrected chi connectivity index (χ3v) is 1.30. The first-order chi connectivity index (χ1) is 4.87. The molecule has 1 unspecified atom stereocenters. The minimum Gasteiger partial charge on any atom is -0.351 e. The molecule has 0 fully saturated rings. The van der Waals surface area contributed by atoms with E-state index >= 15 is 0 Å². The van der Waals surface area contributed by atoms with Crippen molar-refractivity contribution >= 4 is 5.91 Å². The summed E-state index contributed by atoms with van der Waals surface area (Å²) in [5.74, 6) is -0.0609. The zero-order chi connectivity index (χ0) is 9.07. The number of carbonyl (C=O) groups is 1. The van der Waals surface area contributed by atoms with E-state index in [1.165, 1.54) is 0 Å². The second-order valence-corrected chi connectivity index (χ2v) is 3.88. The molecule has 0 bridgehead atoms. The molecule has 1 atom stereocenters. The summed E-state index contributed by atoms with van der Waals surface area (Å²) in [6.45, 7) is 8.08. The third-order valence-electron chi connectivity index (χ3n) is 1.30. The Morgan fingerprint density at radius 1 is 1.55 bits per heavy atom. The normalized spacial score (nSPS) is 14.3. The average Bonchev–Trinajstić information content (AvgIpc) is 1.82. The molecule has 11 heavy (non-hydrogen) atoms. The summed E-state index contributed by atoms with van der Waals surface area (Å²) in [6, 6.07) is 0. The van der Waals surface area contributed by atoms with Gasteiger partial charge < -0.3 is 11.1 Å². The highest BCUT2D eigenvalue weighted by Gasteiger charge is 2.17. The molecular weight excluding hydrogens is 140 g/mol. The minimum absolute atomic E-state index is 0.0278. The number of hydrogen-bond donors (Lipinski definition) is 2. The van der Waals surface area contributed by atoms with Crippen LogP contribution >= 0.6 is 0 Å². The van der Waals surface area contributed by atoms with Gasteiger partial charge in [0, 0.05) is 18.0 Å². The molecule has 0 heterocycles. The number of nitrogens with one attached hydrogen (secondary N) is 1. The van der Waals surface area contributed by atoms with E-state index in [4.69, 9.17) is 5.73 Å². The molecule has 3 nitrogen and oxygen atoms in total. The van der Waals surface area contributed by atoms with Crippen molar-refractivity contribution in [3.63, 3.8) is 0 Å². The first kappa shape index (κ1) is 10.4. The highest BCUT2D eigenvalue weighted by atomic mass is 16.2. The van der Waals surface area contributed by atoms with Crippen molar-refractivity contribution in [3.05, 3.63) is 0 Å². The zero-order valence-electron chi connectivity index (χ0n) is 7.77. The van der Waals surface area contributed by atoms with E-state index in [-0.39, 0.29) is 17.4 Å². The lowest BCUT2D eigenvalue weighted by atomic mass is 10.1. The molecule has 0 aromatic carbocycles. The fourth-order valence-corrected chi connectivity index (χ4v) is 0.600. The fraction of sp³-hybridized carbons (Fsp3) is 0.875. The predicted molar refractivity (Wildman–Crippen MR) is 46.1 cm³/mol. The standard InChI is InChI=1S/C8H18N2O/c1-6(5-9)7(11)10-8(2,3)4/h6H,5,9H2,1-4H3,(H,10,11). The van der Waals surface area contributed by atoms with E-state index in [1.54, 1.807) is 0 Å². The van der Waals surface area contributed by atoms with E-state index in [0.717, 1.165) is 0 Å². The van der Waals surface area contributed by atoms with Crippen LogP contribution in [-0.2, 0) is 4.79 Å². The smallest absolute Gasteiger partial charge is 0.224 e. The van der Waals surface area contributed by atoms with Crippen molar-refractivity contribution < 1.29 is 4.79 Å². The molecule has 0 aromatic heterocycles. The number of amides is 1. The highest BCUT2D eigenvalue weighted by Crippen LogP contribution is 2.01. The molecule has 0 rings (SSSR count). The van der Waals surface area contributed by atoms with Gasteiger partial charge in [0.1, 0.15) is 0 Å². The molecule has 0 aliphatic rings. The molecule has 0 spiro atoms. The van der Waals surface area contributed by atoms with Gasteiger partial charge in [0.05, 0.1) is 0 Å². The largest absolute Gasteiger partial charge is 0.351 e. The van der Waals surface area contributed by atoms with E-state index in [1.807, 2.05) is 27.7 Å². The second-order valence-electron chi connectivity index (χ2n) is 3.88. The van der Waals surface area contributed by atoms with E-state index in [2.05, 4.69) is 5.32 Å². The monoisotopic (exact) mass is 158 g/mol. The SMILES string of the molecule is CC(CN)C(=O)NC(C)(C)C. The summed E-state index contributed by atoms with van der Waals surface area (Å²) >= 11 is 0. The number of rotatable bonds is 2. The molecule has 3 heteroatoms. The molecular formula is C8H18N2O. The van der Waals surface area contributed by atoms with Crippen LogP contribution in [-0.4, -0.2) is 18.0 Å². The molecule has 0 aromatic rings. The topological polar surface area (TPSA) is 55.1 Å². The van der Waals surface area contributed by atoms with Gasteiger partial charge >= 0.3 is 0 Å². The summed E-state index contributed by atoms with van der Waals surface area (Å²) in [5.41, 5.74) is 5.18. The Kier molecular flexibility index (Phi) is 3.52. The van der Waals surface area contributed by atoms with Gasteiger partial charge in [-0.15, -0.1) is 0 Å². The lowest BCUT2D eigenvalue weighted by Gasteiger charge is -2.22. The average molecular weight is 158 g/mol. The minimum atomic E-state index is -0.152. The van der Waals surface area contributed by atoms with E-state index in [9.17, 15) is 4.79 Å². The summed E-state index contributed by atoms with van der Waals surface area (Å²) in [5, 5.41) is 2.85. The van der Waals surface area contributed by atoms with Crippen LogP contribution in [0.15, 0.2) is 0 Å². The first-order valence-corrected chi connectivity index (χ1v) is 3.89. The molecule has 1 amide bonds. The zero-order valence-corrected chi connectivity index (χ0v) is 7.77. The van der Waals surface area contributed by atoms with Crippen molar-refractivity contribution in [2.75, 3.05) is 6.54 Å². The summed E-state index contributed by atoms with van der Waals surface area (Å²) in [6.07, 6.45) is 0. The maximum absolute atomic E-state index is 11.2. The van der Waals surface area contributed by atoms with Crippen LogP contribution in [0.25, 0.3) is 0 Å². The van der Waals surface area contributed by atoms with E-state index < -0.39 is 0 Å². The summed E-state index contributed by atoms with van der Waals surface area (Å²) in [7, 11) is 0. The maximum Gasteiger partial charge on any atom is 0.224 e. The Labute approximate surface area is 68.3 Å². The fourth-order valence-electron chi connectivity index (χ4n) is 0.600. The van der Waals surface area contributed by atoms with Crippen LogP contribution in [0.3, 0.4) is 0 Å². The van der Waals surface area contributed by atoms with E-state index in [0.29, 0.717) is 6.54 Å². The molecule has 3 N–H and O–H groups in total. The second kappa shape index (κ2) is 3.72. The Morgan fingerprint density at radius 2 is 2.00 bits per heavy atom. The molecule has 0 saturated heterocycles. The van der Waals surface area contributed by atoms with Gasteiger partial charge in [-0.3, -0.25) is 4.79 Å². The van der Waals surface area contributed by atoms with Gasteiger partial charge in [0.15, 0.2) is 0 Å². The quantitative estimate of drug-likeness (QED) is 0.614. The number of nitrogens with two attached hydrogens (primary N) is 1. The maximum atomic E-state index is 11.2. The van der Waals surface area contributed by atoms with Crippen LogP contribution in [0.4, 0.5) is 0 Å². The number of carbonyl (C=O) groups excluding carboxylic acids is 1. The number of hydrogen-bond acceptors (Lipinski definition) is 2. The van der Waals surface area contributed by atoms with Gasteiger partial charge in [-0.2, -0.15) is 0 Å². The van der Waals surface area contributed by atoms with Gasteiger partial charge in [-0.1, -0.05) is 6.92 Å². The van der Waals surface area contributed by atoms with Crippen molar-refractivity contribution in [1.29, 1.82) is 0 Å². The van der Waals surface area contributed by atoms with Crippen LogP contribution < -0.4 is 11.1 Å². The lowest BCUT2D eigenvalue weighted by molar-refractivity contribution is -0.125. The summed E-state index contributed by atoms with van der Waals surface area (Å²) in [4.78, 5) is 11.2. The van der Waals surface area contributed by atoms with Crippen molar-refractivity contribution in [1.82, 2.24) is 5.32 Å². The van der Waals surface area contributed by atoms with Crippen LogP contribution in [0.2, 0.25) is 0 Å². The van der Waals surface area contributed by atoms with Crippen molar-refractivity contribution in [3.8, 4) is 0 Å². The van der Waals surface area contributed by atoms with Gasteiger partial charge in [-0.05, 0) is 20.8 Å². The van der Waals surface area contributed by atoms with Crippen LogP contribution in [0.5, 0.6) is 0 Å². The third kappa shape index (κ3) is 4.79. The highest BCUT2D eigenvalue weighted by molar-refractivity contribution is 5.79. The molecule has 0 radical (unpaired) electrons. The Balaban J connectivity index is 3.88. The van der Waals surface area contributed by atoms with Crippen molar-refractivity contribution in [2.24, 2.45) is 11.7 Å². The Bertz CT molecular complexity index is 138. The first-order valence-electron chi connectivity index (χ1n) is 3.89. The Morgan fingerprint density at radius 3 is 2.27 bits per heavy atom. The van der Waals surface area contributed by atoms with Crippen LogP contribution in [0, 0.1) is 5.92 Å². The lowest BCUT2D eigenvalue weighted by Crippen LogP contribution is -2.44. The van der Waals surface area contributed by atoms with Crippen molar-refractivity contribution in [2.45, 2.75) is 33.2 Å². The van der Waals surface area contributed by atoms with Crippen LogP contribution in [0.1, 0.15) is 27.7 Å². The van der Waals surface area contributed by atoms with Gasteiger partial charge in [-0.25, -0.2) is 0 Å². The molecule has 0 saturated carbocycles. The molecule has 0 aliphatic heterocycles. The molecule has 66 valence electrons. The van der Waals surface area contributed by atoms with Gasteiger partial charge in [0.25, 0.3) is 0 Å². The van der Waals surface area contributed by atoms with Gasteiger partial charge in [0.2, 0.25) is 5.91 Å².